The number of aliphatic imine (C=N–C) groups is 1. The van der Waals surface area contributed by atoms with E-state index in [1.165, 1.54) is 12.8 Å². The van der Waals surface area contributed by atoms with Crippen molar-refractivity contribution in [3.63, 3.8) is 0 Å². The number of carbonyl (C=O) groups is 1. The van der Waals surface area contributed by atoms with Crippen LogP contribution in [0.5, 0.6) is 0 Å². The first-order valence-electron chi connectivity index (χ1n) is 9.00. The van der Waals surface area contributed by atoms with Crippen LogP contribution in [0.25, 0.3) is 0 Å². The summed E-state index contributed by atoms with van der Waals surface area (Å²) in [7, 11) is 0. The largest absolute Gasteiger partial charge is 0.469 e. The molecule has 1 amide bonds. The van der Waals surface area contributed by atoms with Gasteiger partial charge in [0.2, 0.25) is 5.91 Å². The summed E-state index contributed by atoms with van der Waals surface area (Å²) in [4.78, 5) is 21.1. The molecule has 132 valence electrons. The lowest BCUT2D eigenvalue weighted by Gasteiger charge is -2.37. The fraction of sp³-hybridized carbons (Fsp3) is 0.667. The van der Waals surface area contributed by atoms with Gasteiger partial charge < -0.3 is 19.5 Å². The third kappa shape index (κ3) is 4.52. The van der Waals surface area contributed by atoms with E-state index in [4.69, 9.17) is 9.41 Å². The Morgan fingerprint density at radius 3 is 2.58 bits per heavy atom. The van der Waals surface area contributed by atoms with Gasteiger partial charge in [0.15, 0.2) is 5.96 Å². The fourth-order valence-corrected chi connectivity index (χ4v) is 2.88. The van der Waals surface area contributed by atoms with E-state index in [2.05, 4.69) is 10.2 Å². The number of furan rings is 1. The predicted octanol–water partition coefficient (Wildman–Crippen LogP) is 1.73. The fourth-order valence-electron chi connectivity index (χ4n) is 2.88. The Balaban J connectivity index is 1.54. The molecule has 1 aliphatic carbocycles. The Labute approximate surface area is 143 Å². The molecule has 0 spiro atoms. The van der Waals surface area contributed by atoms with Crippen LogP contribution < -0.4 is 5.32 Å². The second-order valence-corrected chi connectivity index (χ2v) is 6.92. The SMILES string of the molecule is CC(C)C(=O)N1CCN(C(=NCCc2ccco2)NC2CC2)CC1. The number of carbonyl (C=O) groups excluding carboxylic acids is 1. The molecular formula is C18H28N4O2. The van der Waals surface area contributed by atoms with Crippen molar-refractivity contribution in [3.05, 3.63) is 24.2 Å². The number of rotatable bonds is 5. The third-order valence-electron chi connectivity index (χ3n) is 4.50. The first-order valence-corrected chi connectivity index (χ1v) is 9.00. The summed E-state index contributed by atoms with van der Waals surface area (Å²) in [5.41, 5.74) is 0. The van der Waals surface area contributed by atoms with Crippen molar-refractivity contribution in [2.75, 3.05) is 32.7 Å². The molecule has 24 heavy (non-hydrogen) atoms. The Kier molecular flexibility index (Phi) is 5.43. The van der Waals surface area contributed by atoms with E-state index < -0.39 is 0 Å². The van der Waals surface area contributed by atoms with Crippen molar-refractivity contribution in [1.29, 1.82) is 0 Å². The van der Waals surface area contributed by atoms with E-state index in [1.807, 2.05) is 30.9 Å². The van der Waals surface area contributed by atoms with Crippen LogP contribution >= 0.6 is 0 Å². The average molecular weight is 332 g/mol. The molecule has 1 N–H and O–H groups in total. The van der Waals surface area contributed by atoms with Gasteiger partial charge in [0.05, 0.1) is 6.26 Å². The van der Waals surface area contributed by atoms with Crippen molar-refractivity contribution < 1.29 is 9.21 Å². The number of hydrogen-bond donors (Lipinski definition) is 1. The average Bonchev–Trinajstić information content (AvgIpc) is 3.26. The summed E-state index contributed by atoms with van der Waals surface area (Å²) in [6, 6.07) is 4.47. The van der Waals surface area contributed by atoms with E-state index in [-0.39, 0.29) is 11.8 Å². The Morgan fingerprint density at radius 2 is 2.00 bits per heavy atom. The van der Waals surface area contributed by atoms with E-state index in [1.54, 1.807) is 6.26 Å². The van der Waals surface area contributed by atoms with E-state index in [0.717, 1.165) is 44.3 Å². The van der Waals surface area contributed by atoms with E-state index in [0.29, 0.717) is 12.6 Å². The maximum Gasteiger partial charge on any atom is 0.225 e. The minimum Gasteiger partial charge on any atom is -0.469 e. The smallest absolute Gasteiger partial charge is 0.225 e. The number of nitrogens with zero attached hydrogens (tertiary/aromatic N) is 3. The number of nitrogens with one attached hydrogen (secondary N) is 1. The van der Waals surface area contributed by atoms with Crippen molar-refractivity contribution in [1.82, 2.24) is 15.1 Å². The van der Waals surface area contributed by atoms with Gasteiger partial charge in [-0.3, -0.25) is 9.79 Å². The first kappa shape index (κ1) is 16.9. The van der Waals surface area contributed by atoms with Crippen LogP contribution in [0.3, 0.4) is 0 Å². The summed E-state index contributed by atoms with van der Waals surface area (Å²) in [6.07, 6.45) is 4.97. The standard InChI is InChI=1S/C18H28N4O2/c1-14(2)17(23)21-9-11-22(12-10-21)18(20-15-5-6-15)19-8-7-16-4-3-13-24-16/h3-4,13-15H,5-12H2,1-2H3,(H,19,20). The van der Waals surface area contributed by atoms with Gasteiger partial charge in [0.1, 0.15) is 5.76 Å². The maximum atomic E-state index is 12.1. The molecule has 1 saturated carbocycles. The zero-order valence-corrected chi connectivity index (χ0v) is 14.7. The molecule has 0 aromatic carbocycles. The lowest BCUT2D eigenvalue weighted by atomic mass is 10.1. The normalized spacial score (nSPS) is 19.0. The lowest BCUT2D eigenvalue weighted by Crippen LogP contribution is -2.54. The summed E-state index contributed by atoms with van der Waals surface area (Å²) >= 11 is 0. The van der Waals surface area contributed by atoms with Gasteiger partial charge >= 0.3 is 0 Å². The molecule has 2 aliphatic rings. The molecule has 3 rings (SSSR count). The Bertz CT molecular complexity index is 556. The minimum atomic E-state index is 0.0718. The lowest BCUT2D eigenvalue weighted by molar-refractivity contribution is -0.135. The summed E-state index contributed by atoms with van der Waals surface area (Å²) in [5, 5.41) is 3.55. The van der Waals surface area contributed by atoms with Crippen molar-refractivity contribution in [2.24, 2.45) is 10.9 Å². The number of guanidine groups is 1. The van der Waals surface area contributed by atoms with Crippen LogP contribution in [-0.4, -0.2) is 60.4 Å². The van der Waals surface area contributed by atoms with Crippen LogP contribution in [0.4, 0.5) is 0 Å². The minimum absolute atomic E-state index is 0.0718. The molecule has 1 aliphatic heterocycles. The van der Waals surface area contributed by atoms with Crippen LogP contribution in [0, 0.1) is 5.92 Å². The molecule has 6 nitrogen and oxygen atoms in total. The maximum absolute atomic E-state index is 12.1. The zero-order valence-electron chi connectivity index (χ0n) is 14.7. The van der Waals surface area contributed by atoms with E-state index in [9.17, 15) is 4.79 Å². The van der Waals surface area contributed by atoms with Gasteiger partial charge in [-0.25, -0.2) is 0 Å². The summed E-state index contributed by atoms with van der Waals surface area (Å²) in [5.74, 6) is 2.28. The highest BCUT2D eigenvalue weighted by Crippen LogP contribution is 2.19. The number of piperazine rings is 1. The van der Waals surface area contributed by atoms with Crippen molar-refractivity contribution >= 4 is 11.9 Å². The van der Waals surface area contributed by atoms with Gasteiger partial charge in [0, 0.05) is 51.1 Å². The molecule has 1 saturated heterocycles. The highest BCUT2D eigenvalue weighted by molar-refractivity contribution is 5.82. The number of hydrogen-bond acceptors (Lipinski definition) is 3. The highest BCUT2D eigenvalue weighted by Gasteiger charge is 2.28. The molecule has 1 aromatic heterocycles. The Morgan fingerprint density at radius 1 is 1.29 bits per heavy atom. The molecule has 6 heteroatoms. The van der Waals surface area contributed by atoms with Crippen LogP contribution in [0.1, 0.15) is 32.4 Å². The predicted molar refractivity (Wildman–Crippen MR) is 93.9 cm³/mol. The molecular weight excluding hydrogens is 304 g/mol. The summed E-state index contributed by atoms with van der Waals surface area (Å²) < 4.78 is 5.37. The second-order valence-electron chi connectivity index (χ2n) is 6.92. The Hall–Kier alpha value is -1.98. The van der Waals surface area contributed by atoms with E-state index >= 15 is 0 Å². The molecule has 0 unspecified atom stereocenters. The summed E-state index contributed by atoms with van der Waals surface area (Å²) in [6.45, 7) is 7.89. The first-order chi connectivity index (χ1) is 11.6. The van der Waals surface area contributed by atoms with Gasteiger partial charge in [-0.1, -0.05) is 13.8 Å². The van der Waals surface area contributed by atoms with Gasteiger partial charge in [0.25, 0.3) is 0 Å². The quantitative estimate of drug-likeness (QED) is 0.659. The highest BCUT2D eigenvalue weighted by atomic mass is 16.3. The van der Waals surface area contributed by atoms with Gasteiger partial charge in [-0.15, -0.1) is 0 Å². The molecule has 2 heterocycles. The molecule has 0 radical (unpaired) electrons. The van der Waals surface area contributed by atoms with Crippen LogP contribution in [0.15, 0.2) is 27.8 Å². The zero-order chi connectivity index (χ0) is 16.9. The molecule has 1 aromatic rings. The van der Waals surface area contributed by atoms with Crippen LogP contribution in [-0.2, 0) is 11.2 Å². The second kappa shape index (κ2) is 7.73. The molecule has 2 fully saturated rings. The number of amides is 1. The van der Waals surface area contributed by atoms with Crippen molar-refractivity contribution in [3.8, 4) is 0 Å². The van der Waals surface area contributed by atoms with Gasteiger partial charge in [-0.2, -0.15) is 0 Å². The van der Waals surface area contributed by atoms with Crippen LogP contribution in [0.2, 0.25) is 0 Å². The molecule has 0 atom stereocenters. The molecule has 0 bridgehead atoms. The third-order valence-corrected chi connectivity index (χ3v) is 4.50. The van der Waals surface area contributed by atoms with Crippen molar-refractivity contribution in [2.45, 2.75) is 39.2 Å². The topological polar surface area (TPSA) is 61.1 Å². The monoisotopic (exact) mass is 332 g/mol. The van der Waals surface area contributed by atoms with Gasteiger partial charge in [-0.05, 0) is 25.0 Å².